The van der Waals surface area contributed by atoms with Crippen LogP contribution in [0.1, 0.15) is 44.4 Å². The standard InChI is InChI=1S/C15H20ClN3S/c1-3-10-8-11-12(18-14(16)19-13(11)20-10)17-9-15(4-2)6-5-7-15/h8H,3-7,9H2,1-2H3,(H,17,18,19). The average molecular weight is 310 g/mol. The summed E-state index contributed by atoms with van der Waals surface area (Å²) in [5, 5.41) is 4.98. The first-order valence-electron chi connectivity index (χ1n) is 7.35. The Morgan fingerprint density at radius 2 is 2.15 bits per heavy atom. The highest BCUT2D eigenvalue weighted by Gasteiger charge is 2.34. The summed E-state index contributed by atoms with van der Waals surface area (Å²) in [4.78, 5) is 11.0. The van der Waals surface area contributed by atoms with Crippen molar-refractivity contribution < 1.29 is 0 Å². The zero-order chi connectivity index (χ0) is 14.2. The molecule has 3 rings (SSSR count). The predicted octanol–water partition coefficient (Wildman–Crippen LogP) is 4.90. The normalized spacial score (nSPS) is 17.1. The van der Waals surface area contributed by atoms with E-state index in [4.69, 9.17) is 11.6 Å². The van der Waals surface area contributed by atoms with Gasteiger partial charge >= 0.3 is 0 Å². The van der Waals surface area contributed by atoms with Gasteiger partial charge in [0.25, 0.3) is 0 Å². The highest BCUT2D eigenvalue weighted by Crippen LogP contribution is 2.44. The van der Waals surface area contributed by atoms with E-state index in [0.29, 0.717) is 10.7 Å². The lowest BCUT2D eigenvalue weighted by atomic mass is 9.67. The molecule has 5 heteroatoms. The van der Waals surface area contributed by atoms with Gasteiger partial charge in [-0.15, -0.1) is 11.3 Å². The monoisotopic (exact) mass is 309 g/mol. The molecule has 2 heterocycles. The summed E-state index contributed by atoms with van der Waals surface area (Å²) in [7, 11) is 0. The minimum atomic E-state index is 0.337. The van der Waals surface area contributed by atoms with Gasteiger partial charge in [-0.05, 0) is 48.8 Å². The molecule has 0 aliphatic heterocycles. The summed E-state index contributed by atoms with van der Waals surface area (Å²) in [5.74, 6) is 0.899. The highest BCUT2D eigenvalue weighted by molar-refractivity contribution is 7.18. The van der Waals surface area contributed by atoms with E-state index < -0.39 is 0 Å². The number of hydrogen-bond donors (Lipinski definition) is 1. The minimum absolute atomic E-state index is 0.337. The molecule has 0 atom stereocenters. The molecular formula is C15H20ClN3S. The third kappa shape index (κ3) is 2.51. The van der Waals surface area contributed by atoms with Gasteiger partial charge in [0, 0.05) is 11.4 Å². The second-order valence-corrected chi connectivity index (χ2v) is 7.14. The van der Waals surface area contributed by atoms with Gasteiger partial charge in [0.1, 0.15) is 10.6 Å². The summed E-state index contributed by atoms with van der Waals surface area (Å²) in [5.41, 5.74) is 0.466. The van der Waals surface area contributed by atoms with E-state index in [9.17, 15) is 0 Å². The van der Waals surface area contributed by atoms with Crippen LogP contribution >= 0.6 is 22.9 Å². The van der Waals surface area contributed by atoms with Crippen molar-refractivity contribution in [3.8, 4) is 0 Å². The second kappa shape index (κ2) is 5.49. The maximum absolute atomic E-state index is 6.05. The van der Waals surface area contributed by atoms with Crippen molar-refractivity contribution in [2.45, 2.75) is 46.0 Å². The molecule has 1 fully saturated rings. The molecule has 1 N–H and O–H groups in total. The quantitative estimate of drug-likeness (QED) is 0.798. The molecule has 0 aromatic carbocycles. The highest BCUT2D eigenvalue weighted by atomic mass is 35.5. The van der Waals surface area contributed by atoms with Gasteiger partial charge in [-0.1, -0.05) is 20.3 Å². The molecule has 0 spiro atoms. The van der Waals surface area contributed by atoms with E-state index in [2.05, 4.69) is 35.2 Å². The Morgan fingerprint density at radius 1 is 1.35 bits per heavy atom. The zero-order valence-electron chi connectivity index (χ0n) is 12.0. The zero-order valence-corrected chi connectivity index (χ0v) is 13.6. The van der Waals surface area contributed by atoms with Gasteiger partial charge in [-0.3, -0.25) is 0 Å². The van der Waals surface area contributed by atoms with Crippen LogP contribution in [0.5, 0.6) is 0 Å². The van der Waals surface area contributed by atoms with Crippen molar-refractivity contribution >= 4 is 39.0 Å². The molecule has 2 aromatic heterocycles. The molecule has 20 heavy (non-hydrogen) atoms. The Balaban J connectivity index is 1.88. The van der Waals surface area contributed by atoms with Crippen molar-refractivity contribution in [1.29, 1.82) is 0 Å². The molecule has 0 unspecified atom stereocenters. The SMILES string of the molecule is CCc1cc2c(NCC3(CC)CCC3)nc(Cl)nc2s1. The summed E-state index contributed by atoms with van der Waals surface area (Å²) < 4.78 is 0. The van der Waals surface area contributed by atoms with E-state index in [1.807, 2.05) is 0 Å². The number of nitrogens with zero attached hydrogens (tertiary/aromatic N) is 2. The van der Waals surface area contributed by atoms with Crippen molar-refractivity contribution in [3.63, 3.8) is 0 Å². The third-order valence-electron chi connectivity index (χ3n) is 4.56. The molecule has 2 aromatic rings. The van der Waals surface area contributed by atoms with Gasteiger partial charge in [0.15, 0.2) is 0 Å². The fourth-order valence-electron chi connectivity index (χ4n) is 2.86. The summed E-state index contributed by atoms with van der Waals surface area (Å²) in [6.07, 6.45) is 6.25. The van der Waals surface area contributed by atoms with E-state index in [1.165, 1.54) is 30.6 Å². The van der Waals surface area contributed by atoms with Gasteiger partial charge in [0.05, 0.1) is 5.39 Å². The molecular weight excluding hydrogens is 290 g/mol. The van der Waals surface area contributed by atoms with Crippen LogP contribution in [0.25, 0.3) is 10.2 Å². The van der Waals surface area contributed by atoms with Crippen molar-refractivity contribution in [2.24, 2.45) is 5.41 Å². The lowest BCUT2D eigenvalue weighted by molar-refractivity contribution is 0.145. The fraction of sp³-hybridized carbons (Fsp3) is 0.600. The Morgan fingerprint density at radius 3 is 2.75 bits per heavy atom. The van der Waals surface area contributed by atoms with Gasteiger partial charge in [0.2, 0.25) is 5.28 Å². The summed E-state index contributed by atoms with van der Waals surface area (Å²) >= 11 is 7.76. The number of hydrogen-bond acceptors (Lipinski definition) is 4. The maximum atomic E-state index is 6.05. The Hall–Kier alpha value is -0.870. The number of aryl methyl sites for hydroxylation is 1. The largest absolute Gasteiger partial charge is 0.369 e. The van der Waals surface area contributed by atoms with Crippen molar-refractivity contribution in [2.75, 3.05) is 11.9 Å². The van der Waals surface area contributed by atoms with Gasteiger partial charge in [-0.2, -0.15) is 0 Å². The number of aromatic nitrogens is 2. The number of fused-ring (bicyclic) bond motifs is 1. The number of halogens is 1. The second-order valence-electron chi connectivity index (χ2n) is 5.69. The third-order valence-corrected chi connectivity index (χ3v) is 5.90. The van der Waals surface area contributed by atoms with Gasteiger partial charge < -0.3 is 5.32 Å². The number of rotatable bonds is 5. The molecule has 0 saturated heterocycles. The molecule has 0 amide bonds. The van der Waals surface area contributed by atoms with Crippen LogP contribution in [0.4, 0.5) is 5.82 Å². The van der Waals surface area contributed by atoms with E-state index in [1.54, 1.807) is 11.3 Å². The molecule has 1 aliphatic carbocycles. The first kappa shape index (κ1) is 14.1. The molecule has 108 valence electrons. The Kier molecular flexibility index (Phi) is 3.87. The molecule has 0 bridgehead atoms. The first-order valence-corrected chi connectivity index (χ1v) is 8.55. The minimum Gasteiger partial charge on any atom is -0.369 e. The first-order chi connectivity index (χ1) is 9.65. The smallest absolute Gasteiger partial charge is 0.225 e. The Labute approximate surface area is 128 Å². The number of anilines is 1. The van der Waals surface area contributed by atoms with E-state index in [-0.39, 0.29) is 0 Å². The van der Waals surface area contributed by atoms with Crippen molar-refractivity contribution in [3.05, 3.63) is 16.2 Å². The van der Waals surface area contributed by atoms with Crippen LogP contribution in [0.3, 0.4) is 0 Å². The van der Waals surface area contributed by atoms with Crippen LogP contribution in [0, 0.1) is 5.41 Å². The topological polar surface area (TPSA) is 37.8 Å². The van der Waals surface area contributed by atoms with Crippen LogP contribution in [0.2, 0.25) is 5.28 Å². The summed E-state index contributed by atoms with van der Waals surface area (Å²) in [6, 6.07) is 2.19. The molecule has 3 nitrogen and oxygen atoms in total. The number of nitrogens with one attached hydrogen (secondary N) is 1. The lowest BCUT2D eigenvalue weighted by Crippen LogP contribution is -2.36. The maximum Gasteiger partial charge on any atom is 0.225 e. The Bertz CT molecular complexity index is 613. The number of thiophene rings is 1. The van der Waals surface area contributed by atoms with Crippen molar-refractivity contribution in [1.82, 2.24) is 9.97 Å². The fourth-order valence-corrected chi connectivity index (χ4v) is 4.04. The lowest BCUT2D eigenvalue weighted by Gasteiger charge is -2.41. The van der Waals surface area contributed by atoms with Crippen LogP contribution in [-0.4, -0.2) is 16.5 Å². The van der Waals surface area contributed by atoms with Crippen LogP contribution in [-0.2, 0) is 6.42 Å². The summed E-state index contributed by atoms with van der Waals surface area (Å²) in [6.45, 7) is 5.43. The van der Waals surface area contributed by atoms with E-state index in [0.717, 1.165) is 29.0 Å². The predicted molar refractivity (Wildman–Crippen MR) is 86.9 cm³/mol. The average Bonchev–Trinajstić information content (AvgIpc) is 2.80. The molecule has 1 aliphatic rings. The van der Waals surface area contributed by atoms with E-state index >= 15 is 0 Å². The van der Waals surface area contributed by atoms with Crippen LogP contribution in [0.15, 0.2) is 6.07 Å². The van der Waals surface area contributed by atoms with Gasteiger partial charge in [-0.25, -0.2) is 9.97 Å². The molecule has 1 saturated carbocycles. The molecule has 0 radical (unpaired) electrons. The van der Waals surface area contributed by atoms with Crippen LogP contribution < -0.4 is 5.32 Å².